The minimum atomic E-state index is -0.106. The summed E-state index contributed by atoms with van der Waals surface area (Å²) in [7, 11) is 1.53. The molecule has 0 bridgehead atoms. The Labute approximate surface area is 172 Å². The van der Waals surface area contributed by atoms with Gasteiger partial charge in [-0.1, -0.05) is 26.7 Å². The van der Waals surface area contributed by atoms with E-state index in [-0.39, 0.29) is 24.5 Å². The molecular weight excluding hydrogens is 372 g/mol. The number of hydrogen-bond acceptors (Lipinski definition) is 5. The van der Waals surface area contributed by atoms with Crippen molar-refractivity contribution in [3.63, 3.8) is 0 Å². The minimum absolute atomic E-state index is 0.0701. The van der Waals surface area contributed by atoms with Crippen molar-refractivity contribution < 1.29 is 23.8 Å². The molecule has 1 aromatic carbocycles. The largest absolute Gasteiger partial charge is 0.493 e. The molecule has 0 unspecified atom stereocenters. The van der Waals surface area contributed by atoms with E-state index in [0.29, 0.717) is 55.2 Å². The van der Waals surface area contributed by atoms with Gasteiger partial charge in [0.25, 0.3) is 11.8 Å². The van der Waals surface area contributed by atoms with E-state index in [4.69, 9.17) is 14.2 Å². The average molecular weight is 405 g/mol. The molecule has 3 rings (SSSR count). The molecule has 7 heteroatoms. The zero-order valence-electron chi connectivity index (χ0n) is 17.6. The molecule has 2 amide bonds. The van der Waals surface area contributed by atoms with Crippen molar-refractivity contribution in [1.29, 1.82) is 0 Å². The Bertz CT molecular complexity index is 717. The van der Waals surface area contributed by atoms with E-state index in [1.54, 1.807) is 23.1 Å². The van der Waals surface area contributed by atoms with Crippen LogP contribution in [0.4, 0.5) is 0 Å². The second-order valence-corrected chi connectivity index (χ2v) is 7.99. The molecule has 0 radical (unpaired) electrons. The van der Waals surface area contributed by atoms with E-state index in [0.717, 1.165) is 12.8 Å². The molecule has 1 heterocycles. The molecule has 2 fully saturated rings. The molecule has 0 aromatic heterocycles. The Hall–Kier alpha value is -2.28. The van der Waals surface area contributed by atoms with E-state index in [1.807, 2.05) is 0 Å². The smallest absolute Gasteiger partial charge is 0.260 e. The Morgan fingerprint density at radius 1 is 1.17 bits per heavy atom. The number of nitrogens with zero attached hydrogens (tertiary/aromatic N) is 1. The summed E-state index contributed by atoms with van der Waals surface area (Å²) in [6, 6.07) is 5.26. The van der Waals surface area contributed by atoms with Crippen LogP contribution in [0.3, 0.4) is 0 Å². The highest BCUT2D eigenvalue weighted by Crippen LogP contribution is 2.31. The summed E-state index contributed by atoms with van der Waals surface area (Å²) in [6.45, 7) is 6.65. The fraction of sp³-hybridized carbons (Fsp3) is 0.636. The Kier molecular flexibility index (Phi) is 7.36. The fourth-order valence-electron chi connectivity index (χ4n) is 4.01. The van der Waals surface area contributed by atoms with E-state index in [1.165, 1.54) is 13.5 Å². The molecule has 29 heavy (non-hydrogen) atoms. The minimum Gasteiger partial charge on any atom is -0.493 e. The molecule has 1 aliphatic heterocycles. The summed E-state index contributed by atoms with van der Waals surface area (Å²) in [6.07, 6.45) is 3.37. The third-order valence-corrected chi connectivity index (χ3v) is 6.16. The summed E-state index contributed by atoms with van der Waals surface area (Å²) in [4.78, 5) is 26.7. The van der Waals surface area contributed by atoms with E-state index >= 15 is 0 Å². The maximum atomic E-state index is 12.7. The van der Waals surface area contributed by atoms with Gasteiger partial charge in [0, 0.05) is 24.7 Å². The van der Waals surface area contributed by atoms with Crippen LogP contribution in [0.1, 0.15) is 43.5 Å². The standard InChI is InChI=1S/C22H32N2O5/c1-15-5-4-6-18(16(15)2)23-22(26)17-7-8-19(20(13-17)27-3)29-14-21(25)24-9-11-28-12-10-24/h7-8,13,15-16,18H,4-6,9-12,14H2,1-3H3,(H,23,26)/t15-,16-,18+/m0/s1. The van der Waals surface area contributed by atoms with Gasteiger partial charge in [0.2, 0.25) is 0 Å². The lowest BCUT2D eigenvalue weighted by Crippen LogP contribution is -2.43. The lowest BCUT2D eigenvalue weighted by Gasteiger charge is -2.34. The predicted molar refractivity (Wildman–Crippen MR) is 109 cm³/mol. The van der Waals surface area contributed by atoms with Crippen LogP contribution in [0.2, 0.25) is 0 Å². The van der Waals surface area contributed by atoms with Gasteiger partial charge < -0.3 is 24.4 Å². The Balaban J connectivity index is 1.60. The van der Waals surface area contributed by atoms with Crippen LogP contribution >= 0.6 is 0 Å². The first-order valence-corrected chi connectivity index (χ1v) is 10.5. The van der Waals surface area contributed by atoms with Crippen LogP contribution in [-0.4, -0.2) is 62.8 Å². The highest BCUT2D eigenvalue weighted by Gasteiger charge is 2.28. The number of ether oxygens (including phenoxy) is 3. The molecular formula is C22H32N2O5. The van der Waals surface area contributed by atoms with Crippen molar-refractivity contribution in [2.45, 2.75) is 39.2 Å². The molecule has 3 atom stereocenters. The number of morpholine rings is 1. The topological polar surface area (TPSA) is 77.1 Å². The number of nitrogens with one attached hydrogen (secondary N) is 1. The van der Waals surface area contributed by atoms with Crippen LogP contribution in [0, 0.1) is 11.8 Å². The van der Waals surface area contributed by atoms with E-state index in [9.17, 15) is 9.59 Å². The average Bonchev–Trinajstić information content (AvgIpc) is 2.75. The first kappa shape index (κ1) is 21.4. The summed E-state index contributed by atoms with van der Waals surface area (Å²) in [5.41, 5.74) is 0.527. The number of carbonyl (C=O) groups excluding carboxylic acids is 2. The molecule has 1 aliphatic carbocycles. The number of hydrogen-bond donors (Lipinski definition) is 1. The number of rotatable bonds is 6. The van der Waals surface area contributed by atoms with Crippen molar-refractivity contribution in [3.8, 4) is 11.5 Å². The maximum Gasteiger partial charge on any atom is 0.260 e. The lowest BCUT2D eigenvalue weighted by molar-refractivity contribution is -0.137. The first-order chi connectivity index (χ1) is 14.0. The lowest BCUT2D eigenvalue weighted by atomic mass is 9.78. The summed E-state index contributed by atoms with van der Waals surface area (Å²) < 4.78 is 16.3. The first-order valence-electron chi connectivity index (χ1n) is 10.5. The molecule has 1 aromatic rings. The number of benzene rings is 1. The van der Waals surface area contributed by atoms with Gasteiger partial charge >= 0.3 is 0 Å². The summed E-state index contributed by atoms with van der Waals surface area (Å²) in [5, 5.41) is 3.17. The van der Waals surface area contributed by atoms with Gasteiger partial charge in [-0.05, 0) is 36.5 Å². The molecule has 1 N–H and O–H groups in total. The quantitative estimate of drug-likeness (QED) is 0.788. The van der Waals surface area contributed by atoms with Gasteiger partial charge in [-0.25, -0.2) is 0 Å². The predicted octanol–water partition coefficient (Wildman–Crippen LogP) is 2.49. The zero-order valence-corrected chi connectivity index (χ0v) is 17.6. The molecule has 7 nitrogen and oxygen atoms in total. The number of methoxy groups -OCH3 is 1. The highest BCUT2D eigenvalue weighted by molar-refractivity contribution is 5.95. The Morgan fingerprint density at radius 2 is 1.93 bits per heavy atom. The maximum absolute atomic E-state index is 12.7. The van der Waals surface area contributed by atoms with E-state index < -0.39 is 0 Å². The second-order valence-electron chi connectivity index (χ2n) is 7.99. The van der Waals surface area contributed by atoms with Gasteiger partial charge in [0.15, 0.2) is 18.1 Å². The van der Waals surface area contributed by atoms with Crippen LogP contribution < -0.4 is 14.8 Å². The van der Waals surface area contributed by atoms with Crippen molar-refractivity contribution >= 4 is 11.8 Å². The fourth-order valence-corrected chi connectivity index (χ4v) is 4.01. The molecule has 160 valence electrons. The van der Waals surface area contributed by atoms with Gasteiger partial charge in [-0.3, -0.25) is 9.59 Å². The van der Waals surface area contributed by atoms with Crippen LogP contribution in [0.25, 0.3) is 0 Å². The van der Waals surface area contributed by atoms with Crippen LogP contribution in [0.15, 0.2) is 18.2 Å². The third kappa shape index (κ3) is 5.41. The normalized spacial score (nSPS) is 24.7. The summed E-state index contributed by atoms with van der Waals surface area (Å²) >= 11 is 0. The summed E-state index contributed by atoms with van der Waals surface area (Å²) in [5.74, 6) is 1.78. The molecule has 1 saturated carbocycles. The van der Waals surface area contributed by atoms with Crippen molar-refractivity contribution in [2.75, 3.05) is 40.0 Å². The molecule has 0 spiro atoms. The second kappa shape index (κ2) is 9.96. The monoisotopic (exact) mass is 404 g/mol. The third-order valence-electron chi connectivity index (χ3n) is 6.16. The number of carbonyl (C=O) groups is 2. The van der Waals surface area contributed by atoms with Crippen molar-refractivity contribution in [2.24, 2.45) is 11.8 Å². The van der Waals surface area contributed by atoms with Gasteiger partial charge in [0.1, 0.15) is 0 Å². The SMILES string of the molecule is COc1cc(C(=O)N[C@@H]2CCC[C@H](C)[C@@H]2C)ccc1OCC(=O)N1CCOCC1. The Morgan fingerprint density at radius 3 is 2.66 bits per heavy atom. The number of amides is 2. The molecule has 2 aliphatic rings. The van der Waals surface area contributed by atoms with Crippen LogP contribution in [0.5, 0.6) is 11.5 Å². The van der Waals surface area contributed by atoms with Crippen LogP contribution in [-0.2, 0) is 9.53 Å². The van der Waals surface area contributed by atoms with Crippen molar-refractivity contribution in [3.05, 3.63) is 23.8 Å². The van der Waals surface area contributed by atoms with E-state index in [2.05, 4.69) is 19.2 Å². The van der Waals surface area contributed by atoms with Gasteiger partial charge in [-0.15, -0.1) is 0 Å². The van der Waals surface area contributed by atoms with Gasteiger partial charge in [-0.2, -0.15) is 0 Å². The highest BCUT2D eigenvalue weighted by atomic mass is 16.5. The van der Waals surface area contributed by atoms with Gasteiger partial charge in [0.05, 0.1) is 20.3 Å². The zero-order chi connectivity index (χ0) is 20.8. The molecule has 1 saturated heterocycles. The van der Waals surface area contributed by atoms with Crippen molar-refractivity contribution in [1.82, 2.24) is 10.2 Å².